The average molecular weight is 286 g/mol. The highest BCUT2D eigenvalue weighted by molar-refractivity contribution is 5.78. The van der Waals surface area contributed by atoms with Gasteiger partial charge >= 0.3 is 0 Å². The number of pyridine rings is 2. The second-order valence-corrected chi connectivity index (χ2v) is 5.86. The first-order chi connectivity index (χ1) is 10.3. The number of aliphatic hydroxyl groups excluding tert-OH is 1. The number of aromatic nitrogens is 2. The van der Waals surface area contributed by atoms with Crippen LogP contribution in [0.15, 0.2) is 24.4 Å². The molecule has 0 amide bonds. The summed E-state index contributed by atoms with van der Waals surface area (Å²) in [6.45, 7) is 0. The number of hydrogen-bond acceptors (Lipinski definition) is 4. The Hall–Kier alpha value is -1.68. The van der Waals surface area contributed by atoms with Gasteiger partial charge in [0.1, 0.15) is 0 Å². The number of nitrogens with zero attached hydrogens (tertiary/aromatic N) is 2. The fourth-order valence-corrected chi connectivity index (χ4v) is 3.25. The van der Waals surface area contributed by atoms with Crippen molar-refractivity contribution in [3.05, 3.63) is 30.0 Å². The van der Waals surface area contributed by atoms with E-state index in [0.29, 0.717) is 18.2 Å². The standard InChI is InChI=1S/C17H22N2O2/c1-21-16-8-7-14-17(19-16)13(9-10-18-14)11-15(20)12-5-3-2-4-6-12/h7-10,12,15,20H,2-6,11H2,1H3. The summed E-state index contributed by atoms with van der Waals surface area (Å²) in [5.41, 5.74) is 2.74. The lowest BCUT2D eigenvalue weighted by molar-refractivity contribution is 0.0853. The normalized spacial score (nSPS) is 17.8. The Bertz CT molecular complexity index is 609. The van der Waals surface area contributed by atoms with E-state index in [2.05, 4.69) is 9.97 Å². The van der Waals surface area contributed by atoms with Crippen LogP contribution in [-0.4, -0.2) is 28.3 Å². The molecule has 21 heavy (non-hydrogen) atoms. The molecule has 2 aromatic rings. The minimum Gasteiger partial charge on any atom is -0.481 e. The number of hydrogen-bond donors (Lipinski definition) is 1. The second kappa shape index (κ2) is 6.39. The topological polar surface area (TPSA) is 55.2 Å². The van der Waals surface area contributed by atoms with Gasteiger partial charge in [0, 0.05) is 18.7 Å². The molecule has 1 aliphatic carbocycles. The molecule has 1 saturated carbocycles. The zero-order valence-corrected chi connectivity index (χ0v) is 12.5. The Morgan fingerprint density at radius 3 is 2.81 bits per heavy atom. The number of rotatable bonds is 4. The predicted molar refractivity (Wildman–Crippen MR) is 82.4 cm³/mol. The third-order valence-corrected chi connectivity index (χ3v) is 4.47. The van der Waals surface area contributed by atoms with Gasteiger partial charge in [-0.3, -0.25) is 4.98 Å². The molecule has 1 aliphatic rings. The minimum absolute atomic E-state index is 0.288. The lowest BCUT2D eigenvalue weighted by atomic mass is 9.83. The maximum atomic E-state index is 10.5. The van der Waals surface area contributed by atoms with Crippen LogP contribution in [0.3, 0.4) is 0 Å². The van der Waals surface area contributed by atoms with Crippen LogP contribution in [0.1, 0.15) is 37.7 Å². The molecule has 1 N–H and O–H groups in total. The first-order valence-corrected chi connectivity index (χ1v) is 7.74. The van der Waals surface area contributed by atoms with E-state index in [9.17, 15) is 5.11 Å². The van der Waals surface area contributed by atoms with Crippen LogP contribution in [0.25, 0.3) is 11.0 Å². The SMILES string of the molecule is COc1ccc2nccc(CC(O)C3CCCCC3)c2n1. The first-order valence-electron chi connectivity index (χ1n) is 7.74. The molecule has 112 valence electrons. The van der Waals surface area contributed by atoms with Crippen molar-refractivity contribution in [2.24, 2.45) is 5.92 Å². The van der Waals surface area contributed by atoms with E-state index in [-0.39, 0.29) is 6.10 Å². The number of ether oxygens (including phenoxy) is 1. The van der Waals surface area contributed by atoms with Crippen molar-refractivity contribution in [3.63, 3.8) is 0 Å². The summed E-state index contributed by atoms with van der Waals surface area (Å²) in [7, 11) is 1.61. The third-order valence-electron chi connectivity index (χ3n) is 4.47. The molecule has 4 heteroatoms. The molecule has 2 heterocycles. The Labute approximate surface area is 125 Å². The second-order valence-electron chi connectivity index (χ2n) is 5.86. The van der Waals surface area contributed by atoms with Gasteiger partial charge in [-0.25, -0.2) is 4.98 Å². The van der Waals surface area contributed by atoms with Crippen molar-refractivity contribution in [1.29, 1.82) is 0 Å². The zero-order chi connectivity index (χ0) is 14.7. The molecule has 0 radical (unpaired) electrons. The molecule has 0 bridgehead atoms. The van der Waals surface area contributed by atoms with Crippen molar-refractivity contribution in [2.45, 2.75) is 44.6 Å². The van der Waals surface area contributed by atoms with Crippen LogP contribution in [0.5, 0.6) is 5.88 Å². The quantitative estimate of drug-likeness (QED) is 0.938. The fraction of sp³-hybridized carbons (Fsp3) is 0.529. The average Bonchev–Trinajstić information content (AvgIpc) is 2.55. The van der Waals surface area contributed by atoms with Crippen molar-refractivity contribution >= 4 is 11.0 Å². The van der Waals surface area contributed by atoms with Gasteiger partial charge in [0.15, 0.2) is 0 Å². The van der Waals surface area contributed by atoms with Crippen LogP contribution >= 0.6 is 0 Å². The highest BCUT2D eigenvalue weighted by Gasteiger charge is 2.22. The number of aliphatic hydroxyl groups is 1. The van der Waals surface area contributed by atoms with Gasteiger partial charge in [-0.2, -0.15) is 0 Å². The van der Waals surface area contributed by atoms with Crippen LogP contribution in [0.4, 0.5) is 0 Å². The summed E-state index contributed by atoms with van der Waals surface area (Å²) in [5, 5.41) is 10.5. The minimum atomic E-state index is -0.288. The number of methoxy groups -OCH3 is 1. The smallest absolute Gasteiger partial charge is 0.213 e. The Balaban J connectivity index is 1.85. The maximum Gasteiger partial charge on any atom is 0.213 e. The van der Waals surface area contributed by atoms with Crippen molar-refractivity contribution in [3.8, 4) is 5.88 Å². The van der Waals surface area contributed by atoms with Crippen molar-refractivity contribution < 1.29 is 9.84 Å². The van der Waals surface area contributed by atoms with Gasteiger partial charge in [0.25, 0.3) is 0 Å². The molecule has 4 nitrogen and oxygen atoms in total. The molecule has 0 saturated heterocycles. The zero-order valence-electron chi connectivity index (χ0n) is 12.5. The van der Waals surface area contributed by atoms with Gasteiger partial charge in [-0.1, -0.05) is 19.3 Å². The summed E-state index contributed by atoms with van der Waals surface area (Å²) in [5.74, 6) is 1.01. The first kappa shape index (κ1) is 14.3. The lowest BCUT2D eigenvalue weighted by Crippen LogP contribution is -2.25. The summed E-state index contributed by atoms with van der Waals surface area (Å²) in [6.07, 6.45) is 8.21. The highest BCUT2D eigenvalue weighted by Crippen LogP contribution is 2.29. The van der Waals surface area contributed by atoms with E-state index < -0.39 is 0 Å². The Morgan fingerprint density at radius 1 is 1.24 bits per heavy atom. The van der Waals surface area contributed by atoms with Crippen LogP contribution < -0.4 is 4.74 Å². The van der Waals surface area contributed by atoms with Gasteiger partial charge in [-0.15, -0.1) is 0 Å². The summed E-state index contributed by atoms with van der Waals surface area (Å²) in [6, 6.07) is 5.69. The largest absolute Gasteiger partial charge is 0.481 e. The van der Waals surface area contributed by atoms with E-state index in [4.69, 9.17) is 4.74 Å². The van der Waals surface area contributed by atoms with Crippen LogP contribution in [0, 0.1) is 5.92 Å². The maximum absolute atomic E-state index is 10.5. The fourth-order valence-electron chi connectivity index (χ4n) is 3.25. The molecule has 1 unspecified atom stereocenters. The molecule has 0 aliphatic heterocycles. The molecule has 0 spiro atoms. The van der Waals surface area contributed by atoms with Crippen LogP contribution in [0.2, 0.25) is 0 Å². The molecule has 2 aromatic heterocycles. The molecular formula is C17H22N2O2. The Morgan fingerprint density at radius 2 is 2.05 bits per heavy atom. The van der Waals surface area contributed by atoms with E-state index >= 15 is 0 Å². The highest BCUT2D eigenvalue weighted by atomic mass is 16.5. The third kappa shape index (κ3) is 3.16. The monoisotopic (exact) mass is 286 g/mol. The van der Waals surface area contributed by atoms with Crippen molar-refractivity contribution in [1.82, 2.24) is 9.97 Å². The van der Waals surface area contributed by atoms with E-state index in [1.54, 1.807) is 13.3 Å². The predicted octanol–water partition coefficient (Wildman–Crippen LogP) is 3.12. The van der Waals surface area contributed by atoms with E-state index in [1.807, 2.05) is 18.2 Å². The van der Waals surface area contributed by atoms with Crippen molar-refractivity contribution in [2.75, 3.05) is 7.11 Å². The summed E-state index contributed by atoms with van der Waals surface area (Å²) in [4.78, 5) is 8.83. The molecule has 1 atom stereocenters. The van der Waals surface area contributed by atoms with Gasteiger partial charge in [0.2, 0.25) is 5.88 Å². The van der Waals surface area contributed by atoms with Gasteiger partial charge < -0.3 is 9.84 Å². The Kier molecular flexibility index (Phi) is 4.34. The molecular weight excluding hydrogens is 264 g/mol. The molecule has 1 fully saturated rings. The lowest BCUT2D eigenvalue weighted by Gasteiger charge is -2.26. The van der Waals surface area contributed by atoms with Gasteiger partial charge in [0.05, 0.1) is 24.2 Å². The molecule has 3 rings (SSSR count). The number of fused-ring (bicyclic) bond motifs is 1. The molecule has 0 aromatic carbocycles. The summed E-state index contributed by atoms with van der Waals surface area (Å²) >= 11 is 0. The van der Waals surface area contributed by atoms with Gasteiger partial charge in [-0.05, 0) is 36.5 Å². The van der Waals surface area contributed by atoms with Crippen LogP contribution in [-0.2, 0) is 6.42 Å². The van der Waals surface area contributed by atoms with E-state index in [1.165, 1.54) is 19.3 Å². The summed E-state index contributed by atoms with van der Waals surface area (Å²) < 4.78 is 5.20. The van der Waals surface area contributed by atoms with E-state index in [0.717, 1.165) is 29.4 Å².